The minimum Gasteiger partial charge on any atom is -0.376 e. The molecule has 0 saturated heterocycles. The molecule has 2 N–H and O–H groups in total. The third kappa shape index (κ3) is 3.36. The molecule has 0 spiro atoms. The molecule has 34 heavy (non-hydrogen) atoms. The topological polar surface area (TPSA) is 86.4 Å². The van der Waals surface area contributed by atoms with Gasteiger partial charge in [0.15, 0.2) is 11.5 Å². The van der Waals surface area contributed by atoms with E-state index in [1.54, 1.807) is 18.3 Å². The highest BCUT2D eigenvalue weighted by atomic mass is 19.1. The van der Waals surface area contributed by atoms with Gasteiger partial charge in [0.1, 0.15) is 11.5 Å². The van der Waals surface area contributed by atoms with Crippen LogP contribution in [0, 0.1) is 5.82 Å². The Labute approximate surface area is 194 Å². The molecular formula is C26H20FN7. The number of halogens is 1. The lowest BCUT2D eigenvalue weighted by Crippen LogP contribution is -2.08. The highest BCUT2D eigenvalue weighted by molar-refractivity contribution is 5.97. The second kappa shape index (κ2) is 7.77. The number of pyridine rings is 2. The lowest BCUT2D eigenvalue weighted by atomic mass is 10.0. The Hall–Kier alpha value is -4.59. The minimum absolute atomic E-state index is 0.274. The van der Waals surface area contributed by atoms with Gasteiger partial charge in [-0.05, 0) is 47.5 Å². The molecule has 166 valence electrons. The molecule has 4 heterocycles. The van der Waals surface area contributed by atoms with E-state index in [1.165, 1.54) is 12.1 Å². The number of anilines is 1. The van der Waals surface area contributed by atoms with Gasteiger partial charge in [-0.3, -0.25) is 10.1 Å². The summed E-state index contributed by atoms with van der Waals surface area (Å²) < 4.78 is 13.4. The summed E-state index contributed by atoms with van der Waals surface area (Å²) in [4.78, 5) is 18.9. The second-order valence-electron chi connectivity index (χ2n) is 8.31. The molecule has 8 heteroatoms. The zero-order chi connectivity index (χ0) is 23.2. The molecule has 4 aromatic heterocycles. The molecule has 2 aromatic carbocycles. The maximum atomic E-state index is 13.4. The van der Waals surface area contributed by atoms with Gasteiger partial charge in [-0.15, -0.1) is 0 Å². The first-order valence-corrected chi connectivity index (χ1v) is 10.8. The first-order chi connectivity index (χ1) is 16.6. The van der Waals surface area contributed by atoms with E-state index in [4.69, 9.17) is 4.98 Å². The number of benzene rings is 2. The fourth-order valence-corrected chi connectivity index (χ4v) is 4.10. The van der Waals surface area contributed by atoms with Crippen molar-refractivity contribution in [2.24, 2.45) is 0 Å². The third-order valence-electron chi connectivity index (χ3n) is 5.91. The van der Waals surface area contributed by atoms with E-state index in [1.807, 2.05) is 49.6 Å². The van der Waals surface area contributed by atoms with Crippen molar-refractivity contribution in [3.63, 3.8) is 0 Å². The molecule has 0 bridgehead atoms. The summed E-state index contributed by atoms with van der Waals surface area (Å²) >= 11 is 0. The van der Waals surface area contributed by atoms with Gasteiger partial charge in [0.25, 0.3) is 0 Å². The van der Waals surface area contributed by atoms with Crippen LogP contribution in [-0.4, -0.2) is 44.2 Å². The van der Waals surface area contributed by atoms with E-state index in [-0.39, 0.29) is 5.82 Å². The van der Waals surface area contributed by atoms with Crippen LogP contribution in [-0.2, 0) is 0 Å². The molecule has 0 aliphatic heterocycles. The second-order valence-corrected chi connectivity index (χ2v) is 8.31. The molecular weight excluding hydrogens is 429 g/mol. The lowest BCUT2D eigenvalue weighted by Gasteiger charge is -2.13. The van der Waals surface area contributed by atoms with Crippen LogP contribution in [0.3, 0.4) is 0 Å². The van der Waals surface area contributed by atoms with Crippen LogP contribution in [0.4, 0.5) is 10.1 Å². The van der Waals surface area contributed by atoms with E-state index >= 15 is 0 Å². The number of aromatic amines is 2. The Morgan fingerprint density at radius 3 is 2.53 bits per heavy atom. The van der Waals surface area contributed by atoms with Crippen molar-refractivity contribution in [3.05, 3.63) is 79.0 Å². The number of imidazole rings is 1. The largest absolute Gasteiger partial charge is 0.376 e. The average molecular weight is 449 g/mol. The molecule has 0 amide bonds. The number of aromatic nitrogens is 6. The zero-order valence-corrected chi connectivity index (χ0v) is 18.5. The molecule has 0 atom stereocenters. The van der Waals surface area contributed by atoms with E-state index < -0.39 is 0 Å². The Kier molecular flexibility index (Phi) is 4.58. The van der Waals surface area contributed by atoms with Crippen molar-refractivity contribution in [3.8, 4) is 33.8 Å². The van der Waals surface area contributed by atoms with Gasteiger partial charge in [-0.25, -0.2) is 14.4 Å². The van der Waals surface area contributed by atoms with Crippen LogP contribution in [0.2, 0.25) is 0 Å². The maximum absolute atomic E-state index is 13.4. The van der Waals surface area contributed by atoms with Gasteiger partial charge in [-0.1, -0.05) is 18.2 Å². The van der Waals surface area contributed by atoms with Crippen LogP contribution in [0.15, 0.2) is 73.2 Å². The fourth-order valence-electron chi connectivity index (χ4n) is 4.10. The number of rotatable bonds is 4. The molecule has 0 fully saturated rings. The number of H-pyrrole nitrogens is 2. The quantitative estimate of drug-likeness (QED) is 0.375. The number of hydrogen-bond donors (Lipinski definition) is 2. The normalized spacial score (nSPS) is 11.4. The Morgan fingerprint density at radius 1 is 0.882 bits per heavy atom. The van der Waals surface area contributed by atoms with Crippen LogP contribution in [0.1, 0.15) is 0 Å². The molecule has 0 radical (unpaired) electrons. The summed E-state index contributed by atoms with van der Waals surface area (Å²) in [6.45, 7) is 0. The SMILES string of the molecule is CN(C)c1cncc(-c2ccc3[nH]nc(-c4nc5nccc(-c6ccc(F)cc6)c5[nH]4)c3c2)c1. The monoisotopic (exact) mass is 449 g/mol. The van der Waals surface area contributed by atoms with Crippen LogP contribution < -0.4 is 4.90 Å². The predicted octanol–water partition coefficient (Wildman–Crippen LogP) is 5.44. The molecule has 0 aliphatic rings. The van der Waals surface area contributed by atoms with Gasteiger partial charge in [-0.2, -0.15) is 5.10 Å². The smallest absolute Gasteiger partial charge is 0.178 e. The van der Waals surface area contributed by atoms with Gasteiger partial charge < -0.3 is 9.88 Å². The van der Waals surface area contributed by atoms with Crippen molar-refractivity contribution in [2.45, 2.75) is 0 Å². The third-order valence-corrected chi connectivity index (χ3v) is 5.91. The first-order valence-electron chi connectivity index (χ1n) is 10.8. The van der Waals surface area contributed by atoms with Gasteiger partial charge in [0.2, 0.25) is 0 Å². The van der Waals surface area contributed by atoms with Crippen LogP contribution in [0.5, 0.6) is 0 Å². The minimum atomic E-state index is -0.274. The highest BCUT2D eigenvalue weighted by Crippen LogP contribution is 2.33. The summed E-state index contributed by atoms with van der Waals surface area (Å²) in [7, 11) is 3.99. The van der Waals surface area contributed by atoms with Gasteiger partial charge in [0.05, 0.1) is 22.9 Å². The molecule has 6 aromatic rings. The highest BCUT2D eigenvalue weighted by Gasteiger charge is 2.16. The average Bonchev–Trinajstić information content (AvgIpc) is 3.48. The van der Waals surface area contributed by atoms with Crippen LogP contribution >= 0.6 is 0 Å². The van der Waals surface area contributed by atoms with Gasteiger partial charge >= 0.3 is 0 Å². The summed E-state index contributed by atoms with van der Waals surface area (Å²) in [6, 6.07) is 16.5. The number of nitrogens with zero attached hydrogens (tertiary/aromatic N) is 5. The number of fused-ring (bicyclic) bond motifs is 2. The zero-order valence-electron chi connectivity index (χ0n) is 18.5. The summed E-state index contributed by atoms with van der Waals surface area (Å²) in [5.74, 6) is 0.338. The van der Waals surface area contributed by atoms with Crippen molar-refractivity contribution >= 4 is 27.8 Å². The molecule has 0 aliphatic carbocycles. The molecule has 0 unspecified atom stereocenters. The molecule has 6 rings (SSSR count). The van der Waals surface area contributed by atoms with E-state index in [9.17, 15) is 4.39 Å². The first kappa shape index (κ1) is 20.0. The van der Waals surface area contributed by atoms with E-state index in [0.29, 0.717) is 17.2 Å². The predicted molar refractivity (Wildman–Crippen MR) is 132 cm³/mol. The number of nitrogens with one attached hydrogen (secondary N) is 2. The van der Waals surface area contributed by atoms with Crippen molar-refractivity contribution in [1.29, 1.82) is 0 Å². The van der Waals surface area contributed by atoms with Crippen molar-refractivity contribution < 1.29 is 4.39 Å². The fraction of sp³-hybridized carbons (Fsp3) is 0.0769. The summed E-state index contributed by atoms with van der Waals surface area (Å²) in [5.41, 5.74) is 7.83. The van der Waals surface area contributed by atoms with E-state index in [0.717, 1.165) is 44.4 Å². The summed E-state index contributed by atoms with van der Waals surface area (Å²) in [6.07, 6.45) is 5.40. The van der Waals surface area contributed by atoms with Crippen molar-refractivity contribution in [1.82, 2.24) is 30.1 Å². The summed E-state index contributed by atoms with van der Waals surface area (Å²) in [5, 5.41) is 8.57. The van der Waals surface area contributed by atoms with E-state index in [2.05, 4.69) is 37.3 Å². The lowest BCUT2D eigenvalue weighted by molar-refractivity contribution is 0.628. The Morgan fingerprint density at radius 2 is 1.71 bits per heavy atom. The van der Waals surface area contributed by atoms with Crippen molar-refractivity contribution in [2.75, 3.05) is 19.0 Å². The standard InChI is InChI=1S/C26H20FN7/c1-34(2)19-11-17(13-28-14-19)16-5-8-22-21(12-16)24(33-32-22)26-30-23-20(9-10-29-25(23)31-26)15-3-6-18(27)7-4-15/h3-14H,1-2H3,(H,32,33)(H,29,30,31). The molecule has 0 saturated carbocycles. The Bertz CT molecular complexity index is 1650. The maximum Gasteiger partial charge on any atom is 0.178 e. The van der Waals surface area contributed by atoms with Gasteiger partial charge in [0, 0.05) is 43.0 Å². The number of hydrogen-bond acceptors (Lipinski definition) is 5. The Balaban J connectivity index is 1.47. The molecule has 7 nitrogen and oxygen atoms in total. The van der Waals surface area contributed by atoms with Crippen LogP contribution in [0.25, 0.3) is 55.8 Å².